The Bertz CT molecular complexity index is 580. The lowest BCUT2D eigenvalue weighted by Gasteiger charge is -2.51. The van der Waals surface area contributed by atoms with Gasteiger partial charge in [-0.2, -0.15) is 0 Å². The molecule has 3 N–H and O–H groups in total. The number of aliphatic hydroxyl groups is 1. The molecule has 160 valence electrons. The molecule has 4 rings (SSSR count). The summed E-state index contributed by atoms with van der Waals surface area (Å²) in [6, 6.07) is 1.39. The Morgan fingerprint density at radius 2 is 1.75 bits per heavy atom. The summed E-state index contributed by atoms with van der Waals surface area (Å²) >= 11 is 0. The van der Waals surface area contributed by atoms with Crippen molar-refractivity contribution in [3.05, 3.63) is 0 Å². The summed E-state index contributed by atoms with van der Waals surface area (Å²) in [5.41, 5.74) is -0.277. The van der Waals surface area contributed by atoms with Gasteiger partial charge in [0.25, 0.3) is 0 Å². The molecule has 1 saturated heterocycles. The Morgan fingerprint density at radius 3 is 2.43 bits per heavy atom. The summed E-state index contributed by atoms with van der Waals surface area (Å²) in [6.07, 6.45) is 9.86. The van der Waals surface area contributed by atoms with Gasteiger partial charge in [-0.25, -0.2) is 0 Å². The molecule has 0 aromatic heterocycles. The molecular weight excluding hydrogens is 352 g/mol. The van der Waals surface area contributed by atoms with Gasteiger partial charge in [-0.1, -0.05) is 13.8 Å². The molecule has 1 heterocycles. The molecular formula is C23H40N2O3. The van der Waals surface area contributed by atoms with Crippen LogP contribution in [0.5, 0.6) is 0 Å². The second-order valence-electron chi connectivity index (χ2n) is 11.1. The number of fused-ring (bicyclic) bond motifs is 1. The fraction of sp³-hybridized carbons (Fsp3) is 0.957. The molecule has 0 aromatic rings. The first-order chi connectivity index (χ1) is 13.2. The van der Waals surface area contributed by atoms with Gasteiger partial charge in [0.15, 0.2) is 0 Å². The average Bonchev–Trinajstić information content (AvgIpc) is 3.41. The van der Waals surface area contributed by atoms with E-state index in [-0.39, 0.29) is 16.7 Å². The van der Waals surface area contributed by atoms with Crippen molar-refractivity contribution in [2.75, 3.05) is 13.2 Å². The molecule has 3 saturated carbocycles. The maximum Gasteiger partial charge on any atom is 0.220 e. The monoisotopic (exact) mass is 392 g/mol. The zero-order valence-corrected chi connectivity index (χ0v) is 18.1. The van der Waals surface area contributed by atoms with Crippen LogP contribution in [-0.4, -0.2) is 48.0 Å². The van der Waals surface area contributed by atoms with E-state index in [4.69, 9.17) is 4.74 Å². The number of ether oxygens (including phenoxy) is 1. The zero-order valence-electron chi connectivity index (χ0n) is 18.1. The van der Waals surface area contributed by atoms with E-state index < -0.39 is 5.60 Å². The molecule has 0 aromatic carbocycles. The van der Waals surface area contributed by atoms with E-state index in [0.29, 0.717) is 30.5 Å². The molecule has 28 heavy (non-hydrogen) atoms. The zero-order chi connectivity index (χ0) is 20.0. The van der Waals surface area contributed by atoms with Crippen molar-refractivity contribution in [2.45, 2.75) is 109 Å². The minimum absolute atomic E-state index is 0.116. The second-order valence-corrected chi connectivity index (χ2v) is 11.1. The minimum atomic E-state index is -0.574. The molecule has 1 aliphatic heterocycles. The van der Waals surface area contributed by atoms with Crippen molar-refractivity contribution in [3.63, 3.8) is 0 Å². The smallest absolute Gasteiger partial charge is 0.220 e. The largest absolute Gasteiger partial charge is 0.390 e. The fourth-order valence-electron chi connectivity index (χ4n) is 6.49. The third kappa shape index (κ3) is 4.27. The van der Waals surface area contributed by atoms with Crippen LogP contribution in [0, 0.1) is 16.7 Å². The van der Waals surface area contributed by atoms with E-state index >= 15 is 0 Å². The molecule has 4 atom stereocenters. The SMILES string of the molecule is CC1(O)CCC2(CCC(=O)NC3CC3)C(NC3CCOCC3)CC(C)(C)C2C1. The minimum Gasteiger partial charge on any atom is -0.390 e. The third-order valence-electron chi connectivity index (χ3n) is 8.25. The Labute approximate surface area is 170 Å². The van der Waals surface area contributed by atoms with Gasteiger partial charge < -0.3 is 20.5 Å². The Morgan fingerprint density at radius 1 is 1.04 bits per heavy atom. The average molecular weight is 393 g/mol. The van der Waals surface area contributed by atoms with Gasteiger partial charge in [-0.3, -0.25) is 4.79 Å². The highest BCUT2D eigenvalue weighted by atomic mass is 16.5. The highest BCUT2D eigenvalue weighted by Gasteiger charge is 2.61. The van der Waals surface area contributed by atoms with Gasteiger partial charge in [0.1, 0.15) is 0 Å². The summed E-state index contributed by atoms with van der Waals surface area (Å²) in [7, 11) is 0. The predicted octanol–water partition coefficient (Wildman–Crippen LogP) is 3.15. The number of carbonyl (C=O) groups excluding carboxylic acids is 1. The maximum atomic E-state index is 12.5. The number of hydrogen-bond acceptors (Lipinski definition) is 4. The Balaban J connectivity index is 1.53. The van der Waals surface area contributed by atoms with Crippen molar-refractivity contribution in [1.29, 1.82) is 0 Å². The summed E-state index contributed by atoms with van der Waals surface area (Å²) in [5, 5.41) is 18.1. The molecule has 0 spiro atoms. The van der Waals surface area contributed by atoms with Crippen LogP contribution in [0.25, 0.3) is 0 Å². The number of carbonyl (C=O) groups is 1. The van der Waals surface area contributed by atoms with Gasteiger partial charge in [0.2, 0.25) is 5.91 Å². The molecule has 5 heteroatoms. The first-order valence-corrected chi connectivity index (χ1v) is 11.6. The highest BCUT2D eigenvalue weighted by molar-refractivity contribution is 5.76. The van der Waals surface area contributed by atoms with E-state index in [1.165, 1.54) is 0 Å². The molecule has 4 aliphatic rings. The van der Waals surface area contributed by atoms with Crippen molar-refractivity contribution in [2.24, 2.45) is 16.7 Å². The lowest BCUT2D eigenvalue weighted by atomic mass is 9.57. The van der Waals surface area contributed by atoms with E-state index in [9.17, 15) is 9.90 Å². The van der Waals surface area contributed by atoms with E-state index in [2.05, 4.69) is 24.5 Å². The summed E-state index contributed by atoms with van der Waals surface area (Å²) < 4.78 is 5.56. The van der Waals surface area contributed by atoms with Gasteiger partial charge in [0.05, 0.1) is 5.60 Å². The number of nitrogens with one attached hydrogen (secondary N) is 2. The fourth-order valence-corrected chi connectivity index (χ4v) is 6.49. The van der Waals surface area contributed by atoms with Crippen LogP contribution >= 0.6 is 0 Å². The summed E-state index contributed by atoms with van der Waals surface area (Å²) in [4.78, 5) is 12.5. The van der Waals surface area contributed by atoms with E-state index in [1.54, 1.807) is 0 Å². The second kappa shape index (κ2) is 7.55. The van der Waals surface area contributed by atoms with Crippen LogP contribution in [0.15, 0.2) is 0 Å². The Hall–Kier alpha value is -0.650. The van der Waals surface area contributed by atoms with Crippen LogP contribution in [0.3, 0.4) is 0 Å². The van der Waals surface area contributed by atoms with Crippen LogP contribution in [0.4, 0.5) is 0 Å². The Kier molecular flexibility index (Phi) is 5.56. The predicted molar refractivity (Wildman–Crippen MR) is 110 cm³/mol. The van der Waals surface area contributed by atoms with Gasteiger partial charge >= 0.3 is 0 Å². The van der Waals surface area contributed by atoms with Crippen LogP contribution < -0.4 is 10.6 Å². The van der Waals surface area contributed by atoms with Gasteiger partial charge in [-0.15, -0.1) is 0 Å². The quantitative estimate of drug-likeness (QED) is 0.649. The first kappa shape index (κ1) is 20.6. The van der Waals surface area contributed by atoms with Crippen molar-refractivity contribution < 1.29 is 14.6 Å². The lowest BCUT2D eigenvalue weighted by Crippen LogP contribution is -2.54. The normalized spacial score (nSPS) is 40.9. The highest BCUT2D eigenvalue weighted by Crippen LogP contribution is 2.64. The topological polar surface area (TPSA) is 70.6 Å². The van der Waals surface area contributed by atoms with Gasteiger partial charge in [0, 0.05) is 37.8 Å². The van der Waals surface area contributed by atoms with Crippen LogP contribution in [0.1, 0.15) is 85.0 Å². The molecule has 5 nitrogen and oxygen atoms in total. The molecule has 4 unspecified atom stereocenters. The maximum absolute atomic E-state index is 12.5. The number of hydrogen-bond donors (Lipinski definition) is 3. The molecule has 3 aliphatic carbocycles. The van der Waals surface area contributed by atoms with Gasteiger partial charge in [-0.05, 0) is 81.5 Å². The van der Waals surface area contributed by atoms with Crippen molar-refractivity contribution in [3.8, 4) is 0 Å². The third-order valence-corrected chi connectivity index (χ3v) is 8.25. The molecule has 1 amide bonds. The number of rotatable bonds is 6. The van der Waals surface area contributed by atoms with Crippen molar-refractivity contribution in [1.82, 2.24) is 10.6 Å². The van der Waals surface area contributed by atoms with Crippen molar-refractivity contribution >= 4 is 5.91 Å². The first-order valence-electron chi connectivity index (χ1n) is 11.6. The number of amides is 1. The standard InChI is InChI=1S/C23H40N2O3/c1-21(2)15-19(24-17-7-12-28-13-8-17)23(9-6-20(26)25-16-4-5-16)11-10-22(3,27)14-18(21)23/h16-19,24,27H,4-15H2,1-3H3,(H,25,26). The lowest BCUT2D eigenvalue weighted by molar-refractivity contribution is -0.123. The van der Waals surface area contributed by atoms with E-state index in [0.717, 1.165) is 71.0 Å². The van der Waals surface area contributed by atoms with Crippen LogP contribution in [-0.2, 0) is 9.53 Å². The summed E-state index contributed by atoms with van der Waals surface area (Å²) in [6.45, 7) is 8.46. The molecule has 0 radical (unpaired) electrons. The molecule has 0 bridgehead atoms. The molecule has 4 fully saturated rings. The van der Waals surface area contributed by atoms with Crippen LogP contribution in [0.2, 0.25) is 0 Å². The summed E-state index contributed by atoms with van der Waals surface area (Å²) in [5.74, 6) is 0.678. The van der Waals surface area contributed by atoms with E-state index in [1.807, 2.05) is 6.92 Å².